The molecule has 0 spiro atoms. The Morgan fingerprint density at radius 3 is 1.96 bits per heavy atom. The summed E-state index contributed by atoms with van der Waals surface area (Å²) in [6.07, 6.45) is 15.9. The summed E-state index contributed by atoms with van der Waals surface area (Å²) in [7, 11) is -8.45. The maximum Gasteiger partial charge on any atom is 1.00 e. The molecule has 0 fully saturated rings. The van der Waals surface area contributed by atoms with Gasteiger partial charge in [0.25, 0.3) is 0 Å². The van der Waals surface area contributed by atoms with E-state index in [1.54, 1.807) is 0 Å². The number of anilines is 1. The van der Waals surface area contributed by atoms with Crippen molar-refractivity contribution in [3.05, 3.63) is 108 Å². The molecule has 0 radical (unpaired) electrons. The van der Waals surface area contributed by atoms with Crippen molar-refractivity contribution in [1.82, 2.24) is 0 Å². The number of unbranched alkanes of at least 4 members (excludes halogenated alkanes) is 2. The van der Waals surface area contributed by atoms with E-state index in [0.717, 1.165) is 22.8 Å². The van der Waals surface area contributed by atoms with Gasteiger partial charge in [-0.15, -0.1) is 0 Å². The smallest absolute Gasteiger partial charge is 0.748 e. The van der Waals surface area contributed by atoms with Crippen molar-refractivity contribution in [2.75, 3.05) is 29.5 Å². The van der Waals surface area contributed by atoms with Gasteiger partial charge in [0.05, 0.1) is 25.7 Å². The van der Waals surface area contributed by atoms with Crippen molar-refractivity contribution in [3.63, 3.8) is 0 Å². The second-order valence-corrected chi connectivity index (χ2v) is 15.6. The SMILES string of the molecule is CC1(C)C(/C=C/C=C/C=C/C=C2\N(CCCCS(=O)(=O)[O-])c3ccccc3C2(C)C)=[N+](CCCCS(=O)(=O)[O-])c2ccccc21.[Na+]. The fourth-order valence-corrected chi connectivity index (χ4v) is 7.46. The van der Waals surface area contributed by atoms with E-state index in [2.05, 4.69) is 73.6 Å². The molecule has 2 aliphatic heterocycles. The number of hydrogen-bond acceptors (Lipinski definition) is 7. The van der Waals surface area contributed by atoms with Crippen molar-refractivity contribution in [3.8, 4) is 0 Å². The molecule has 0 N–H and O–H groups in total. The van der Waals surface area contributed by atoms with E-state index in [-0.39, 0.29) is 51.9 Å². The first-order valence-corrected chi connectivity index (χ1v) is 18.5. The summed E-state index contributed by atoms with van der Waals surface area (Å²) in [6, 6.07) is 16.4. The standard InChI is InChI=1S/C35H44N2O6S2.Na/c1-34(2)28-18-10-12-20-30(28)36(24-14-16-26-44(38,39)40)32(34)22-8-6-5-7-9-23-33-35(3,4)29-19-11-13-21-31(29)37(33)25-15-17-27-45(41,42)43;/h5-13,18-23H,14-17,24-27H2,1-4H3,(H-,38,39,40,41,42,43);/q;+1/p-1. The Morgan fingerprint density at radius 1 is 0.717 bits per heavy atom. The summed E-state index contributed by atoms with van der Waals surface area (Å²) < 4.78 is 68.6. The molecular formula is C35H43N2NaO6S2. The van der Waals surface area contributed by atoms with Crippen LogP contribution in [0.4, 0.5) is 11.4 Å². The number of allylic oxidation sites excluding steroid dienone is 8. The fourth-order valence-electron chi connectivity index (χ4n) is 6.35. The Morgan fingerprint density at radius 2 is 1.28 bits per heavy atom. The Balaban J connectivity index is 0.00000576. The summed E-state index contributed by atoms with van der Waals surface area (Å²) in [5.74, 6) is -0.704. The van der Waals surface area contributed by atoms with Crippen LogP contribution in [0.1, 0.15) is 64.5 Å². The van der Waals surface area contributed by atoms with Crippen molar-refractivity contribution >= 4 is 37.3 Å². The second-order valence-electron chi connectivity index (χ2n) is 12.6. The van der Waals surface area contributed by atoms with E-state index in [1.165, 1.54) is 11.1 Å². The summed E-state index contributed by atoms with van der Waals surface area (Å²) in [5, 5.41) is 0. The summed E-state index contributed by atoms with van der Waals surface area (Å²) in [6.45, 7) is 9.95. The average Bonchev–Trinajstić information content (AvgIpc) is 3.30. The van der Waals surface area contributed by atoms with Gasteiger partial charge in [-0.1, -0.05) is 80.6 Å². The van der Waals surface area contributed by atoms with Gasteiger partial charge in [-0.3, -0.25) is 0 Å². The molecule has 2 aromatic rings. The van der Waals surface area contributed by atoms with Crippen LogP contribution in [0.2, 0.25) is 0 Å². The Bertz CT molecular complexity index is 1770. The first-order chi connectivity index (χ1) is 21.1. The van der Waals surface area contributed by atoms with Crippen molar-refractivity contribution in [2.45, 2.75) is 64.2 Å². The maximum atomic E-state index is 11.1. The summed E-state index contributed by atoms with van der Waals surface area (Å²) in [4.78, 5) is 2.22. The van der Waals surface area contributed by atoms with Crippen LogP contribution in [-0.2, 0) is 31.1 Å². The van der Waals surface area contributed by atoms with Crippen LogP contribution in [0.5, 0.6) is 0 Å². The van der Waals surface area contributed by atoms with Crippen LogP contribution in [0.3, 0.4) is 0 Å². The first kappa shape index (κ1) is 38.1. The topological polar surface area (TPSA) is 121 Å². The molecule has 0 aromatic heterocycles. The first-order valence-electron chi connectivity index (χ1n) is 15.3. The molecular weight excluding hydrogens is 632 g/mol. The molecule has 11 heteroatoms. The van der Waals surface area contributed by atoms with Crippen LogP contribution in [0.25, 0.3) is 0 Å². The predicted molar refractivity (Wildman–Crippen MR) is 179 cm³/mol. The number of nitrogens with zero attached hydrogens (tertiary/aromatic N) is 2. The molecule has 0 bridgehead atoms. The zero-order chi connectivity index (χ0) is 32.9. The van der Waals surface area contributed by atoms with Crippen molar-refractivity contribution < 1.29 is 60.1 Å². The van der Waals surface area contributed by atoms with Crippen LogP contribution in [0, 0.1) is 0 Å². The molecule has 46 heavy (non-hydrogen) atoms. The third-order valence-electron chi connectivity index (χ3n) is 8.60. The van der Waals surface area contributed by atoms with Gasteiger partial charge in [-0.25, -0.2) is 16.8 Å². The fraction of sp³-hybridized carbons (Fsp3) is 0.400. The molecule has 0 atom stereocenters. The van der Waals surface area contributed by atoms with Crippen LogP contribution >= 0.6 is 0 Å². The minimum atomic E-state index is -4.22. The molecule has 0 unspecified atom stereocenters. The van der Waals surface area contributed by atoms with Gasteiger partial charge in [0.15, 0.2) is 5.71 Å². The van der Waals surface area contributed by atoms with Gasteiger partial charge in [0, 0.05) is 59.0 Å². The van der Waals surface area contributed by atoms with Gasteiger partial charge in [0.2, 0.25) is 5.69 Å². The van der Waals surface area contributed by atoms with Crippen molar-refractivity contribution in [2.24, 2.45) is 0 Å². The Labute approximate surface area is 297 Å². The third-order valence-corrected chi connectivity index (χ3v) is 10.2. The number of benzene rings is 2. The van der Waals surface area contributed by atoms with E-state index in [9.17, 15) is 25.9 Å². The van der Waals surface area contributed by atoms with Gasteiger partial charge >= 0.3 is 29.6 Å². The van der Waals surface area contributed by atoms with E-state index in [1.807, 2.05) is 54.6 Å². The van der Waals surface area contributed by atoms with E-state index >= 15 is 0 Å². The third kappa shape index (κ3) is 9.40. The quantitative estimate of drug-likeness (QED) is 0.0994. The molecule has 0 saturated carbocycles. The Kier molecular flexibility index (Phi) is 13.0. The molecule has 2 heterocycles. The molecule has 0 saturated heterocycles. The summed E-state index contributed by atoms with van der Waals surface area (Å²) in [5.41, 5.74) is 6.34. The monoisotopic (exact) mass is 674 g/mol. The molecule has 4 rings (SSSR count). The molecule has 2 aliphatic rings. The largest absolute Gasteiger partial charge is 1.00 e. The Hall–Kier alpha value is -2.31. The number of para-hydroxylation sites is 2. The predicted octanol–water partition coefficient (Wildman–Crippen LogP) is 3.07. The van der Waals surface area contributed by atoms with E-state index in [0.29, 0.717) is 38.8 Å². The second kappa shape index (κ2) is 15.7. The van der Waals surface area contributed by atoms with Crippen LogP contribution in [0.15, 0.2) is 96.8 Å². The number of hydrogen-bond donors (Lipinski definition) is 0. The minimum Gasteiger partial charge on any atom is -0.748 e. The molecule has 0 amide bonds. The maximum absolute atomic E-state index is 11.1. The number of fused-ring (bicyclic) bond motifs is 2. The van der Waals surface area contributed by atoms with Gasteiger partial charge in [-0.2, -0.15) is 4.58 Å². The van der Waals surface area contributed by atoms with E-state index in [4.69, 9.17) is 0 Å². The summed E-state index contributed by atoms with van der Waals surface area (Å²) >= 11 is 0. The van der Waals surface area contributed by atoms with Crippen LogP contribution < -0.4 is 34.5 Å². The minimum absolute atomic E-state index is 0. The zero-order valence-corrected chi connectivity index (χ0v) is 31.1. The van der Waals surface area contributed by atoms with Gasteiger partial charge in [-0.05, 0) is 50.8 Å². The average molecular weight is 675 g/mol. The normalized spacial score (nSPS) is 18.2. The molecule has 242 valence electrons. The van der Waals surface area contributed by atoms with Crippen LogP contribution in [-0.4, -0.2) is 60.8 Å². The zero-order valence-electron chi connectivity index (χ0n) is 27.5. The molecule has 0 aliphatic carbocycles. The van der Waals surface area contributed by atoms with E-state index < -0.39 is 20.2 Å². The molecule has 8 nitrogen and oxygen atoms in total. The van der Waals surface area contributed by atoms with Crippen molar-refractivity contribution in [1.29, 1.82) is 0 Å². The van der Waals surface area contributed by atoms with Gasteiger partial charge in [0.1, 0.15) is 6.54 Å². The molecule has 2 aromatic carbocycles. The van der Waals surface area contributed by atoms with Gasteiger partial charge < -0.3 is 14.0 Å². The number of rotatable bonds is 14.